The Morgan fingerprint density at radius 1 is 1.20 bits per heavy atom. The van der Waals surface area contributed by atoms with Gasteiger partial charge in [-0.3, -0.25) is 0 Å². The van der Waals surface area contributed by atoms with Gasteiger partial charge in [0, 0.05) is 31.9 Å². The van der Waals surface area contributed by atoms with Gasteiger partial charge < -0.3 is 10.2 Å². The van der Waals surface area contributed by atoms with Crippen LogP contribution in [0.1, 0.15) is 26.7 Å². The molecule has 2 atom stereocenters. The number of hydrogen-bond donors (Lipinski definition) is 1. The number of carbonyl (C=O) groups excluding carboxylic acids is 1. The molecule has 7 heteroatoms. The molecule has 6 nitrogen and oxygen atoms in total. The largest absolute Gasteiger partial charge is 0.324 e. The van der Waals surface area contributed by atoms with Crippen molar-refractivity contribution in [2.75, 3.05) is 31.5 Å². The van der Waals surface area contributed by atoms with Crippen LogP contribution < -0.4 is 5.32 Å². The number of likely N-dealkylation sites (tertiary alicyclic amines) is 1. The number of urea groups is 1. The van der Waals surface area contributed by atoms with Gasteiger partial charge in [0.05, 0.1) is 5.25 Å². The Labute approximate surface area is 150 Å². The zero-order chi connectivity index (χ0) is 18.0. The van der Waals surface area contributed by atoms with Crippen molar-refractivity contribution in [2.45, 2.75) is 31.9 Å². The van der Waals surface area contributed by atoms with Crippen molar-refractivity contribution < 1.29 is 13.2 Å². The van der Waals surface area contributed by atoms with E-state index in [1.807, 2.05) is 44.2 Å². The number of amides is 2. The van der Waals surface area contributed by atoms with Crippen LogP contribution in [0.15, 0.2) is 30.3 Å². The summed E-state index contributed by atoms with van der Waals surface area (Å²) in [6.07, 6.45) is 1.25. The lowest BCUT2D eigenvalue weighted by molar-refractivity contribution is 0.212. The fourth-order valence-electron chi connectivity index (χ4n) is 3.81. The van der Waals surface area contributed by atoms with Crippen LogP contribution in [-0.4, -0.2) is 55.1 Å². The number of benzene rings is 1. The highest BCUT2D eigenvalue weighted by Crippen LogP contribution is 2.34. The first-order chi connectivity index (χ1) is 11.9. The Balaban J connectivity index is 1.64. The second kappa shape index (κ2) is 7.33. The minimum absolute atomic E-state index is 0.123. The first-order valence-electron chi connectivity index (χ1n) is 8.98. The van der Waals surface area contributed by atoms with E-state index in [-0.39, 0.29) is 17.2 Å². The summed E-state index contributed by atoms with van der Waals surface area (Å²) < 4.78 is 27.2. The predicted octanol–water partition coefficient (Wildman–Crippen LogP) is 2.60. The molecule has 2 aliphatic heterocycles. The van der Waals surface area contributed by atoms with Crippen LogP contribution in [0, 0.1) is 11.8 Å². The molecule has 1 aromatic carbocycles. The van der Waals surface area contributed by atoms with E-state index in [2.05, 4.69) is 5.32 Å². The molecule has 0 aromatic heterocycles. The van der Waals surface area contributed by atoms with Gasteiger partial charge in [0.1, 0.15) is 0 Å². The number of hydrogen-bond acceptors (Lipinski definition) is 3. The molecule has 2 heterocycles. The molecule has 1 aromatic rings. The highest BCUT2D eigenvalue weighted by atomic mass is 32.2. The van der Waals surface area contributed by atoms with Crippen molar-refractivity contribution in [3.8, 4) is 0 Å². The number of anilines is 1. The van der Waals surface area contributed by atoms with Crippen molar-refractivity contribution in [3.05, 3.63) is 30.3 Å². The first kappa shape index (κ1) is 18.2. The van der Waals surface area contributed by atoms with Gasteiger partial charge >= 0.3 is 6.03 Å². The van der Waals surface area contributed by atoms with Crippen molar-refractivity contribution in [1.82, 2.24) is 9.21 Å². The molecule has 3 rings (SSSR count). The third-order valence-electron chi connectivity index (χ3n) is 5.04. The molecule has 0 spiro atoms. The van der Waals surface area contributed by atoms with Crippen LogP contribution in [-0.2, 0) is 10.0 Å². The van der Waals surface area contributed by atoms with Crippen molar-refractivity contribution in [3.63, 3.8) is 0 Å². The Hall–Kier alpha value is -1.60. The number of fused-ring (bicyclic) bond motifs is 1. The molecule has 0 unspecified atom stereocenters. The molecule has 2 aliphatic rings. The third-order valence-corrected chi connectivity index (χ3v) is 7.44. The second-order valence-electron chi connectivity index (χ2n) is 7.41. The molecule has 0 saturated carbocycles. The summed E-state index contributed by atoms with van der Waals surface area (Å²) in [7, 11) is -3.24. The van der Waals surface area contributed by atoms with Gasteiger partial charge in [-0.05, 0) is 36.8 Å². The summed E-state index contributed by atoms with van der Waals surface area (Å²) in [5, 5.41) is 2.54. The van der Waals surface area contributed by atoms with Gasteiger partial charge in [-0.15, -0.1) is 0 Å². The summed E-state index contributed by atoms with van der Waals surface area (Å²) >= 11 is 0. The molecular formula is C18H27N3O3S. The van der Waals surface area contributed by atoms with Crippen LogP contribution in [0.4, 0.5) is 10.5 Å². The Bertz CT molecular complexity index is 706. The summed E-state index contributed by atoms with van der Waals surface area (Å²) in [5.74, 6) is 0.448. The van der Waals surface area contributed by atoms with Gasteiger partial charge in [0.25, 0.3) is 0 Å². The second-order valence-corrected chi connectivity index (χ2v) is 9.57. The van der Waals surface area contributed by atoms with Crippen molar-refractivity contribution in [2.24, 2.45) is 11.8 Å². The van der Waals surface area contributed by atoms with Crippen LogP contribution in [0.2, 0.25) is 0 Å². The SMILES string of the molecule is CC(C)CN1C[C@@H]2CCN(C(=O)Nc3ccccc3)CC[C@@H]2S1(=O)=O. The van der Waals surface area contributed by atoms with E-state index in [1.54, 1.807) is 9.21 Å². The van der Waals surface area contributed by atoms with Gasteiger partial charge in [-0.25, -0.2) is 17.5 Å². The Morgan fingerprint density at radius 3 is 2.56 bits per heavy atom. The normalized spacial score (nSPS) is 26.3. The van der Waals surface area contributed by atoms with E-state index < -0.39 is 10.0 Å². The lowest BCUT2D eigenvalue weighted by Crippen LogP contribution is -2.37. The number of rotatable bonds is 3. The molecule has 2 saturated heterocycles. The van der Waals surface area contributed by atoms with Crippen LogP contribution in [0.3, 0.4) is 0 Å². The van der Waals surface area contributed by atoms with Gasteiger partial charge in [-0.2, -0.15) is 0 Å². The maximum Gasteiger partial charge on any atom is 0.321 e. The zero-order valence-electron chi connectivity index (χ0n) is 14.9. The first-order valence-corrected chi connectivity index (χ1v) is 10.5. The third kappa shape index (κ3) is 3.98. The van der Waals surface area contributed by atoms with E-state index in [0.29, 0.717) is 38.5 Å². The number of para-hydroxylation sites is 1. The van der Waals surface area contributed by atoms with Crippen LogP contribution in [0.25, 0.3) is 0 Å². The summed E-state index contributed by atoms with van der Waals surface area (Å²) in [4.78, 5) is 14.2. The van der Waals surface area contributed by atoms with E-state index in [0.717, 1.165) is 12.1 Å². The number of nitrogens with one attached hydrogen (secondary N) is 1. The van der Waals surface area contributed by atoms with E-state index in [1.165, 1.54) is 0 Å². The predicted molar refractivity (Wildman–Crippen MR) is 98.9 cm³/mol. The van der Waals surface area contributed by atoms with Crippen LogP contribution in [0.5, 0.6) is 0 Å². The monoisotopic (exact) mass is 365 g/mol. The van der Waals surface area contributed by atoms with E-state index in [4.69, 9.17) is 0 Å². The summed E-state index contributed by atoms with van der Waals surface area (Å²) in [6.45, 7) is 6.35. The number of nitrogens with zero attached hydrogens (tertiary/aromatic N) is 2. The van der Waals surface area contributed by atoms with Crippen molar-refractivity contribution in [1.29, 1.82) is 0 Å². The molecular weight excluding hydrogens is 338 g/mol. The van der Waals surface area contributed by atoms with E-state index in [9.17, 15) is 13.2 Å². The minimum Gasteiger partial charge on any atom is -0.324 e. The highest BCUT2D eigenvalue weighted by molar-refractivity contribution is 7.90. The number of carbonyl (C=O) groups is 1. The van der Waals surface area contributed by atoms with Gasteiger partial charge in [0.15, 0.2) is 0 Å². The Morgan fingerprint density at radius 2 is 1.88 bits per heavy atom. The lowest BCUT2D eigenvalue weighted by atomic mass is 10.0. The Kier molecular flexibility index (Phi) is 5.34. The van der Waals surface area contributed by atoms with Crippen LogP contribution >= 0.6 is 0 Å². The average Bonchev–Trinajstić information content (AvgIpc) is 2.71. The fourth-order valence-corrected chi connectivity index (χ4v) is 6.21. The topological polar surface area (TPSA) is 69.7 Å². The van der Waals surface area contributed by atoms with Gasteiger partial charge in [0.2, 0.25) is 10.0 Å². The van der Waals surface area contributed by atoms with Crippen molar-refractivity contribution >= 4 is 21.7 Å². The summed E-state index contributed by atoms with van der Waals surface area (Å²) in [5.41, 5.74) is 0.757. The fraction of sp³-hybridized carbons (Fsp3) is 0.611. The summed E-state index contributed by atoms with van der Waals surface area (Å²) in [6, 6.07) is 9.19. The molecule has 0 radical (unpaired) electrons. The van der Waals surface area contributed by atoms with E-state index >= 15 is 0 Å². The highest BCUT2D eigenvalue weighted by Gasteiger charge is 2.47. The lowest BCUT2D eigenvalue weighted by Gasteiger charge is -2.23. The van der Waals surface area contributed by atoms with Gasteiger partial charge in [-0.1, -0.05) is 32.0 Å². The molecule has 0 bridgehead atoms. The zero-order valence-corrected chi connectivity index (χ0v) is 15.7. The number of sulfonamides is 1. The molecule has 25 heavy (non-hydrogen) atoms. The molecule has 2 fully saturated rings. The maximum atomic E-state index is 12.8. The average molecular weight is 365 g/mol. The molecule has 0 aliphatic carbocycles. The standard InChI is InChI=1S/C18H27N3O3S/c1-14(2)12-21-13-15-8-10-20(11-9-17(15)25(21,23)24)18(22)19-16-6-4-3-5-7-16/h3-7,14-15,17H,8-13H2,1-2H3,(H,19,22)/t15-,17-/m0/s1. The molecule has 2 amide bonds. The minimum atomic E-state index is -3.24. The quantitative estimate of drug-likeness (QED) is 0.895. The smallest absolute Gasteiger partial charge is 0.321 e. The molecule has 138 valence electrons. The molecule has 1 N–H and O–H groups in total. The maximum absolute atomic E-state index is 12.8.